The first-order valence-electron chi connectivity index (χ1n) is 7.69. The molecule has 1 amide bonds. The van der Waals surface area contributed by atoms with Crippen LogP contribution in [0, 0.1) is 5.92 Å². The van der Waals surface area contributed by atoms with Crippen LogP contribution in [-0.2, 0) is 6.54 Å². The number of carbonyl (C=O) groups excluding carboxylic acids is 1. The maximum absolute atomic E-state index is 12.6. The average molecular weight is 299 g/mol. The first kappa shape index (κ1) is 14.7. The summed E-state index contributed by atoms with van der Waals surface area (Å²) in [6.07, 6.45) is 6.39. The lowest BCUT2D eigenvalue weighted by Gasteiger charge is -2.20. The van der Waals surface area contributed by atoms with Gasteiger partial charge in [0.15, 0.2) is 0 Å². The van der Waals surface area contributed by atoms with E-state index in [1.54, 1.807) is 11.0 Å². The van der Waals surface area contributed by atoms with Crippen LogP contribution in [0.3, 0.4) is 0 Å². The van der Waals surface area contributed by atoms with Crippen molar-refractivity contribution in [1.82, 2.24) is 20.1 Å². The number of nitrogens with one attached hydrogen (secondary N) is 1. The highest BCUT2D eigenvalue weighted by atomic mass is 16.1. The second kappa shape index (κ2) is 6.70. The zero-order chi connectivity index (χ0) is 15.4. The molecule has 1 fully saturated rings. The number of nitrogens with zero attached hydrogens (tertiary/aromatic N) is 3. The number of amides is 1. The van der Waals surface area contributed by atoms with Crippen LogP contribution >= 0.6 is 0 Å². The highest BCUT2D eigenvalue weighted by molar-refractivity contribution is 5.95. The van der Waals surface area contributed by atoms with Gasteiger partial charge in [-0.25, -0.2) is 9.67 Å². The van der Waals surface area contributed by atoms with Crippen molar-refractivity contribution in [2.45, 2.75) is 31.8 Å². The molecular formula is C16H21N5O. The minimum atomic E-state index is -0.0268. The van der Waals surface area contributed by atoms with Crippen LogP contribution in [0.4, 0.5) is 0 Å². The van der Waals surface area contributed by atoms with Gasteiger partial charge in [0.05, 0.1) is 6.54 Å². The lowest BCUT2D eigenvalue weighted by molar-refractivity contribution is 0.0927. The van der Waals surface area contributed by atoms with Crippen LogP contribution in [0.25, 0.3) is 0 Å². The van der Waals surface area contributed by atoms with Crippen LogP contribution in [0.1, 0.15) is 35.2 Å². The summed E-state index contributed by atoms with van der Waals surface area (Å²) in [5.41, 5.74) is 7.42. The normalized spacial score (nSPS) is 21.0. The quantitative estimate of drug-likeness (QED) is 0.868. The molecule has 6 heteroatoms. The minimum Gasteiger partial charge on any atom is -0.349 e. The van der Waals surface area contributed by atoms with E-state index in [4.69, 9.17) is 5.73 Å². The van der Waals surface area contributed by atoms with Crippen LogP contribution in [0.15, 0.2) is 36.9 Å². The van der Waals surface area contributed by atoms with Crippen LogP contribution in [-0.4, -0.2) is 33.3 Å². The Bertz CT molecular complexity index is 625. The summed E-state index contributed by atoms with van der Waals surface area (Å²) in [6, 6.07) is 7.81. The number of aromatic nitrogens is 3. The van der Waals surface area contributed by atoms with Gasteiger partial charge in [-0.3, -0.25) is 4.79 Å². The molecule has 1 aliphatic carbocycles. The Balaban J connectivity index is 1.74. The third-order valence-corrected chi connectivity index (χ3v) is 4.34. The number of hydrogen-bond donors (Lipinski definition) is 2. The third-order valence-electron chi connectivity index (χ3n) is 4.34. The average Bonchev–Trinajstić information content (AvgIpc) is 3.19. The number of nitrogens with two attached hydrogens (primary N) is 1. The highest BCUT2D eigenvalue weighted by Gasteiger charge is 2.28. The number of hydrogen-bond acceptors (Lipinski definition) is 4. The fourth-order valence-electron chi connectivity index (χ4n) is 3.12. The van der Waals surface area contributed by atoms with Gasteiger partial charge >= 0.3 is 0 Å². The molecular weight excluding hydrogens is 278 g/mol. The zero-order valence-corrected chi connectivity index (χ0v) is 12.5. The van der Waals surface area contributed by atoms with Crippen LogP contribution in [0.2, 0.25) is 0 Å². The van der Waals surface area contributed by atoms with Crippen molar-refractivity contribution >= 4 is 5.91 Å². The Hall–Kier alpha value is -2.21. The summed E-state index contributed by atoms with van der Waals surface area (Å²) in [6.45, 7) is 1.17. The minimum absolute atomic E-state index is 0.0268. The first-order valence-corrected chi connectivity index (χ1v) is 7.69. The van der Waals surface area contributed by atoms with Crippen molar-refractivity contribution in [2.75, 3.05) is 6.54 Å². The van der Waals surface area contributed by atoms with E-state index >= 15 is 0 Å². The molecule has 22 heavy (non-hydrogen) atoms. The van der Waals surface area contributed by atoms with E-state index in [9.17, 15) is 4.79 Å². The predicted octanol–water partition coefficient (Wildman–Crippen LogP) is 1.18. The molecule has 0 unspecified atom stereocenters. The molecule has 3 rings (SSSR count). The molecule has 1 aromatic carbocycles. The van der Waals surface area contributed by atoms with E-state index in [0.717, 1.165) is 24.8 Å². The predicted molar refractivity (Wildman–Crippen MR) is 83.2 cm³/mol. The SMILES string of the molecule is NC[C@@H]1CCC[C@H]1NC(=O)c1ccccc1Cn1cncn1. The fourth-order valence-corrected chi connectivity index (χ4v) is 3.12. The van der Waals surface area contributed by atoms with Crippen molar-refractivity contribution < 1.29 is 4.79 Å². The Morgan fingerprint density at radius 2 is 2.23 bits per heavy atom. The largest absolute Gasteiger partial charge is 0.349 e. The highest BCUT2D eigenvalue weighted by Crippen LogP contribution is 2.25. The molecule has 116 valence electrons. The van der Waals surface area contributed by atoms with Crippen molar-refractivity contribution in [1.29, 1.82) is 0 Å². The Morgan fingerprint density at radius 3 is 3.00 bits per heavy atom. The van der Waals surface area contributed by atoms with Gasteiger partial charge in [0.25, 0.3) is 5.91 Å². The van der Waals surface area contributed by atoms with Crippen LogP contribution < -0.4 is 11.1 Å². The van der Waals surface area contributed by atoms with E-state index in [2.05, 4.69) is 15.4 Å². The number of carbonyl (C=O) groups is 1. The van der Waals surface area contributed by atoms with E-state index in [1.807, 2.05) is 24.3 Å². The van der Waals surface area contributed by atoms with E-state index in [1.165, 1.54) is 6.33 Å². The molecule has 1 saturated carbocycles. The molecule has 1 aromatic heterocycles. The Kier molecular flexibility index (Phi) is 4.48. The third kappa shape index (κ3) is 3.17. The number of benzene rings is 1. The van der Waals surface area contributed by atoms with Gasteiger partial charge in [-0.1, -0.05) is 24.6 Å². The lowest BCUT2D eigenvalue weighted by Crippen LogP contribution is -2.40. The van der Waals surface area contributed by atoms with Crippen molar-refractivity contribution in [3.63, 3.8) is 0 Å². The lowest BCUT2D eigenvalue weighted by atomic mass is 10.0. The van der Waals surface area contributed by atoms with Gasteiger partial charge in [0.2, 0.25) is 0 Å². The zero-order valence-electron chi connectivity index (χ0n) is 12.5. The molecule has 0 saturated heterocycles. The molecule has 6 nitrogen and oxygen atoms in total. The van der Waals surface area contributed by atoms with Crippen molar-refractivity contribution in [3.8, 4) is 0 Å². The molecule has 0 bridgehead atoms. The Morgan fingerprint density at radius 1 is 1.36 bits per heavy atom. The van der Waals surface area contributed by atoms with Crippen molar-refractivity contribution in [3.05, 3.63) is 48.0 Å². The molecule has 2 atom stereocenters. The van der Waals surface area contributed by atoms with Gasteiger partial charge in [-0.2, -0.15) is 5.10 Å². The summed E-state index contributed by atoms with van der Waals surface area (Å²) < 4.78 is 1.71. The van der Waals surface area contributed by atoms with Gasteiger partial charge in [0.1, 0.15) is 12.7 Å². The molecule has 0 radical (unpaired) electrons. The molecule has 1 aliphatic rings. The monoisotopic (exact) mass is 299 g/mol. The summed E-state index contributed by atoms with van der Waals surface area (Å²) >= 11 is 0. The van der Waals surface area contributed by atoms with Gasteiger partial charge in [0, 0.05) is 11.6 Å². The van der Waals surface area contributed by atoms with E-state index in [-0.39, 0.29) is 11.9 Å². The topological polar surface area (TPSA) is 85.8 Å². The van der Waals surface area contributed by atoms with E-state index in [0.29, 0.717) is 24.6 Å². The maximum atomic E-state index is 12.6. The standard InChI is InChI=1S/C16H21N5O/c17-8-12-5-3-7-15(12)20-16(22)14-6-2-1-4-13(14)9-21-11-18-10-19-21/h1-2,4,6,10-12,15H,3,5,7-9,17H2,(H,20,22)/t12-,15+/m0/s1. The Labute approximate surface area is 129 Å². The van der Waals surface area contributed by atoms with Crippen LogP contribution in [0.5, 0.6) is 0 Å². The summed E-state index contributed by atoms with van der Waals surface area (Å²) in [4.78, 5) is 16.5. The first-order chi connectivity index (χ1) is 10.8. The van der Waals surface area contributed by atoms with Gasteiger partial charge in [-0.15, -0.1) is 0 Å². The number of rotatable bonds is 5. The maximum Gasteiger partial charge on any atom is 0.251 e. The molecule has 0 spiro atoms. The van der Waals surface area contributed by atoms with E-state index < -0.39 is 0 Å². The molecule has 3 N–H and O–H groups in total. The second-order valence-electron chi connectivity index (χ2n) is 5.76. The fraction of sp³-hybridized carbons (Fsp3) is 0.438. The summed E-state index contributed by atoms with van der Waals surface area (Å²) in [7, 11) is 0. The van der Waals surface area contributed by atoms with Gasteiger partial charge in [-0.05, 0) is 36.9 Å². The second-order valence-corrected chi connectivity index (χ2v) is 5.76. The van der Waals surface area contributed by atoms with Crippen molar-refractivity contribution in [2.24, 2.45) is 11.7 Å². The summed E-state index contributed by atoms with van der Waals surface area (Å²) in [5, 5.41) is 7.25. The van der Waals surface area contributed by atoms with Gasteiger partial charge < -0.3 is 11.1 Å². The summed E-state index contributed by atoms with van der Waals surface area (Å²) in [5.74, 6) is 0.368. The molecule has 2 aromatic rings. The molecule has 1 heterocycles. The smallest absolute Gasteiger partial charge is 0.251 e. The molecule has 0 aliphatic heterocycles.